The van der Waals surface area contributed by atoms with Gasteiger partial charge in [-0.05, 0) is 55.8 Å². The zero-order chi connectivity index (χ0) is 22.4. The van der Waals surface area contributed by atoms with E-state index in [1.54, 1.807) is 43.3 Å². The summed E-state index contributed by atoms with van der Waals surface area (Å²) in [6, 6.07) is 16.9. The second-order valence-corrected chi connectivity index (χ2v) is 7.01. The highest BCUT2D eigenvalue weighted by atomic mass is 16.5. The molecule has 3 N–H and O–H groups in total. The van der Waals surface area contributed by atoms with Crippen molar-refractivity contribution in [1.29, 1.82) is 0 Å². The summed E-state index contributed by atoms with van der Waals surface area (Å²) in [5, 5.41) is 7.98. The van der Waals surface area contributed by atoms with Gasteiger partial charge < -0.3 is 25.3 Å². The summed E-state index contributed by atoms with van der Waals surface area (Å²) in [6.45, 7) is 3.44. The molecule has 31 heavy (non-hydrogen) atoms. The fraction of sp³-hybridized carbons (Fsp3) is 0.174. The van der Waals surface area contributed by atoms with Crippen molar-refractivity contribution in [3.05, 3.63) is 82.3 Å². The molecule has 0 aliphatic carbocycles. The van der Waals surface area contributed by atoms with E-state index in [9.17, 15) is 14.4 Å². The number of carbonyl (C=O) groups is 2. The number of carbonyl (C=O) groups excluding carboxylic acids is 2. The minimum absolute atomic E-state index is 0.0740. The monoisotopic (exact) mass is 420 g/mol. The van der Waals surface area contributed by atoms with Crippen molar-refractivity contribution >= 4 is 29.0 Å². The molecule has 3 rings (SSSR count). The van der Waals surface area contributed by atoms with E-state index in [0.29, 0.717) is 22.8 Å². The van der Waals surface area contributed by atoms with Gasteiger partial charge in [0.05, 0.1) is 7.11 Å². The predicted octanol–water partition coefficient (Wildman–Crippen LogP) is 3.76. The second-order valence-electron chi connectivity index (χ2n) is 7.01. The van der Waals surface area contributed by atoms with E-state index < -0.39 is 11.6 Å². The fourth-order valence-corrected chi connectivity index (χ4v) is 3.01. The molecule has 2 aromatic carbocycles. The van der Waals surface area contributed by atoms with E-state index in [4.69, 9.17) is 4.74 Å². The first-order chi connectivity index (χ1) is 14.9. The third-order valence-corrected chi connectivity index (χ3v) is 4.57. The first-order valence-electron chi connectivity index (χ1n) is 9.65. The molecule has 1 aromatic heterocycles. The smallest absolute Gasteiger partial charge is 0.323 e. The number of rotatable bonds is 6. The molecule has 0 bridgehead atoms. The number of methoxy groups -OCH3 is 1. The number of nitrogens with one attached hydrogen (secondary N) is 3. The number of nitrogens with zero attached hydrogens (tertiary/aromatic N) is 1. The van der Waals surface area contributed by atoms with Crippen LogP contribution >= 0.6 is 0 Å². The van der Waals surface area contributed by atoms with Crippen molar-refractivity contribution in [2.24, 2.45) is 0 Å². The highest BCUT2D eigenvalue weighted by molar-refractivity contribution is 5.99. The van der Waals surface area contributed by atoms with Gasteiger partial charge in [0.2, 0.25) is 5.91 Å². The standard InChI is InChI=1S/C23H24N4O4/c1-15-6-4-7-17(12-15)25-23(30)26-20-11-10-16(2)27(22(20)29)14-21(28)24-18-8-5-9-19(13-18)31-3/h4-13H,14H2,1-3H3,(H,24,28)(H2,25,26,30). The van der Waals surface area contributed by atoms with Gasteiger partial charge >= 0.3 is 6.03 Å². The van der Waals surface area contributed by atoms with Gasteiger partial charge in [0.1, 0.15) is 18.0 Å². The molecular formula is C23H24N4O4. The molecule has 0 saturated carbocycles. The average molecular weight is 420 g/mol. The maximum atomic E-state index is 12.8. The van der Waals surface area contributed by atoms with Gasteiger partial charge in [0.25, 0.3) is 5.56 Å². The molecule has 0 fully saturated rings. The van der Waals surface area contributed by atoms with Crippen LogP contribution in [0.15, 0.2) is 65.5 Å². The summed E-state index contributed by atoms with van der Waals surface area (Å²) in [6.07, 6.45) is 0. The number of amides is 3. The third-order valence-electron chi connectivity index (χ3n) is 4.57. The predicted molar refractivity (Wildman–Crippen MR) is 121 cm³/mol. The first kappa shape index (κ1) is 21.6. The number of hydrogen-bond acceptors (Lipinski definition) is 4. The van der Waals surface area contributed by atoms with Crippen LogP contribution in [-0.4, -0.2) is 23.6 Å². The number of pyridine rings is 1. The molecule has 3 aromatic rings. The van der Waals surface area contributed by atoms with E-state index in [1.165, 1.54) is 17.7 Å². The van der Waals surface area contributed by atoms with Gasteiger partial charge in [-0.15, -0.1) is 0 Å². The van der Waals surface area contributed by atoms with Crippen LogP contribution in [0.25, 0.3) is 0 Å². The Kier molecular flexibility index (Phi) is 6.71. The summed E-state index contributed by atoms with van der Waals surface area (Å²) < 4.78 is 6.45. The van der Waals surface area contributed by atoms with Gasteiger partial charge in [0, 0.05) is 23.1 Å². The van der Waals surface area contributed by atoms with Crippen LogP contribution in [0.4, 0.5) is 21.9 Å². The second kappa shape index (κ2) is 9.62. The minimum Gasteiger partial charge on any atom is -0.497 e. The van der Waals surface area contributed by atoms with Gasteiger partial charge in [0.15, 0.2) is 0 Å². The summed E-state index contributed by atoms with van der Waals surface area (Å²) in [5.74, 6) is 0.233. The molecule has 3 amide bonds. The lowest BCUT2D eigenvalue weighted by Crippen LogP contribution is -2.32. The summed E-state index contributed by atoms with van der Waals surface area (Å²) in [7, 11) is 1.54. The molecule has 0 spiro atoms. The maximum Gasteiger partial charge on any atom is 0.323 e. The molecule has 0 radical (unpaired) electrons. The summed E-state index contributed by atoms with van der Waals surface area (Å²) >= 11 is 0. The van der Waals surface area contributed by atoms with Crippen LogP contribution in [-0.2, 0) is 11.3 Å². The average Bonchev–Trinajstić information content (AvgIpc) is 2.73. The lowest BCUT2D eigenvalue weighted by Gasteiger charge is -2.13. The Morgan fingerprint density at radius 3 is 2.32 bits per heavy atom. The van der Waals surface area contributed by atoms with Crippen LogP contribution in [0.1, 0.15) is 11.3 Å². The molecule has 0 aliphatic heterocycles. The Hall–Kier alpha value is -4.07. The number of aromatic nitrogens is 1. The Morgan fingerprint density at radius 2 is 1.61 bits per heavy atom. The number of benzene rings is 2. The fourth-order valence-electron chi connectivity index (χ4n) is 3.01. The van der Waals surface area contributed by atoms with Crippen molar-refractivity contribution in [2.75, 3.05) is 23.1 Å². The summed E-state index contributed by atoms with van der Waals surface area (Å²) in [5.41, 5.74) is 2.36. The molecule has 0 saturated heterocycles. The number of ether oxygens (including phenoxy) is 1. The molecule has 1 heterocycles. The van der Waals surface area contributed by atoms with Crippen LogP contribution in [0, 0.1) is 13.8 Å². The van der Waals surface area contributed by atoms with Crippen LogP contribution in [0.5, 0.6) is 5.75 Å². The topological polar surface area (TPSA) is 101 Å². The normalized spacial score (nSPS) is 10.3. The lowest BCUT2D eigenvalue weighted by atomic mass is 10.2. The number of urea groups is 1. The zero-order valence-corrected chi connectivity index (χ0v) is 17.6. The molecular weight excluding hydrogens is 396 g/mol. The van der Waals surface area contributed by atoms with Gasteiger partial charge in [-0.25, -0.2) is 4.79 Å². The molecule has 0 aliphatic rings. The number of anilines is 3. The molecule has 0 atom stereocenters. The Morgan fingerprint density at radius 1 is 0.903 bits per heavy atom. The Labute approximate surface area is 179 Å². The van der Waals surface area contributed by atoms with Crippen molar-refractivity contribution in [3.8, 4) is 5.75 Å². The molecule has 8 heteroatoms. The van der Waals surface area contributed by atoms with E-state index >= 15 is 0 Å². The van der Waals surface area contributed by atoms with Crippen LogP contribution in [0.3, 0.4) is 0 Å². The SMILES string of the molecule is COc1cccc(NC(=O)Cn2c(C)ccc(NC(=O)Nc3cccc(C)c3)c2=O)c1. The third kappa shape index (κ3) is 5.72. The van der Waals surface area contributed by atoms with Crippen LogP contribution in [0.2, 0.25) is 0 Å². The van der Waals surface area contributed by atoms with Gasteiger partial charge in [-0.2, -0.15) is 0 Å². The Bertz CT molecular complexity index is 1170. The zero-order valence-electron chi connectivity index (χ0n) is 17.6. The van der Waals surface area contributed by atoms with Crippen molar-refractivity contribution < 1.29 is 14.3 Å². The minimum atomic E-state index is -0.543. The van der Waals surface area contributed by atoms with E-state index in [2.05, 4.69) is 16.0 Å². The highest BCUT2D eigenvalue weighted by Gasteiger charge is 2.13. The number of hydrogen-bond donors (Lipinski definition) is 3. The van der Waals surface area contributed by atoms with Gasteiger partial charge in [-0.1, -0.05) is 18.2 Å². The first-order valence-corrected chi connectivity index (χ1v) is 9.65. The van der Waals surface area contributed by atoms with Crippen molar-refractivity contribution in [1.82, 2.24) is 4.57 Å². The van der Waals surface area contributed by atoms with E-state index in [1.807, 2.05) is 25.1 Å². The molecule has 160 valence electrons. The van der Waals surface area contributed by atoms with E-state index in [-0.39, 0.29) is 18.1 Å². The van der Waals surface area contributed by atoms with Crippen LogP contribution < -0.4 is 26.2 Å². The lowest BCUT2D eigenvalue weighted by molar-refractivity contribution is -0.116. The summed E-state index contributed by atoms with van der Waals surface area (Å²) in [4.78, 5) is 37.6. The maximum absolute atomic E-state index is 12.8. The Balaban J connectivity index is 1.71. The highest BCUT2D eigenvalue weighted by Crippen LogP contribution is 2.17. The largest absolute Gasteiger partial charge is 0.497 e. The molecule has 0 unspecified atom stereocenters. The number of aryl methyl sites for hydroxylation is 2. The molecule has 8 nitrogen and oxygen atoms in total. The quantitative estimate of drug-likeness (QED) is 0.565. The van der Waals surface area contributed by atoms with Gasteiger partial charge in [-0.3, -0.25) is 9.59 Å². The van der Waals surface area contributed by atoms with E-state index in [0.717, 1.165) is 5.56 Å². The van der Waals surface area contributed by atoms with Crippen molar-refractivity contribution in [2.45, 2.75) is 20.4 Å². The van der Waals surface area contributed by atoms with Crippen molar-refractivity contribution in [3.63, 3.8) is 0 Å².